The second kappa shape index (κ2) is 9.51. The van der Waals surface area contributed by atoms with Gasteiger partial charge in [-0.3, -0.25) is 9.59 Å². The molecule has 0 spiro atoms. The smallest absolute Gasteiger partial charge is 0.251 e. The van der Waals surface area contributed by atoms with Crippen molar-refractivity contribution in [3.8, 4) is 0 Å². The fourth-order valence-electron chi connectivity index (χ4n) is 2.69. The van der Waals surface area contributed by atoms with Crippen molar-refractivity contribution in [3.63, 3.8) is 0 Å². The van der Waals surface area contributed by atoms with Crippen molar-refractivity contribution in [2.24, 2.45) is 0 Å². The predicted molar refractivity (Wildman–Crippen MR) is 118 cm³/mol. The summed E-state index contributed by atoms with van der Waals surface area (Å²) in [5.74, 6) is 1.58. The zero-order valence-corrected chi connectivity index (χ0v) is 17.1. The molecule has 154 valence electrons. The number of benzene rings is 2. The molecule has 0 aliphatic rings. The van der Waals surface area contributed by atoms with Crippen LogP contribution >= 0.6 is 0 Å². The molecular weight excluding hydrogens is 380 g/mol. The van der Waals surface area contributed by atoms with Gasteiger partial charge in [0.25, 0.3) is 5.91 Å². The van der Waals surface area contributed by atoms with Crippen molar-refractivity contribution in [1.82, 2.24) is 15.3 Å². The first-order chi connectivity index (χ1) is 14.4. The number of rotatable bonds is 7. The Morgan fingerprint density at radius 1 is 0.933 bits per heavy atom. The lowest BCUT2D eigenvalue weighted by Gasteiger charge is -2.14. The molecule has 0 aliphatic carbocycles. The maximum Gasteiger partial charge on any atom is 0.251 e. The molecule has 0 aliphatic heterocycles. The highest BCUT2D eigenvalue weighted by Crippen LogP contribution is 2.20. The van der Waals surface area contributed by atoms with Crippen LogP contribution in [0, 0.1) is 6.92 Å². The minimum Gasteiger partial charge on any atom is -0.363 e. The second-order valence-corrected chi connectivity index (χ2v) is 6.85. The molecule has 3 aromatic rings. The Kier molecular flexibility index (Phi) is 6.59. The normalized spacial score (nSPS) is 10.2. The first-order valence-corrected chi connectivity index (χ1v) is 9.44. The molecule has 1 aromatic heterocycles. The van der Waals surface area contributed by atoms with Gasteiger partial charge in [-0.15, -0.1) is 0 Å². The van der Waals surface area contributed by atoms with Crippen LogP contribution in [0.2, 0.25) is 0 Å². The largest absolute Gasteiger partial charge is 0.363 e. The van der Waals surface area contributed by atoms with Gasteiger partial charge in [0.2, 0.25) is 5.91 Å². The van der Waals surface area contributed by atoms with Crippen LogP contribution in [0.3, 0.4) is 0 Å². The summed E-state index contributed by atoms with van der Waals surface area (Å²) in [6.45, 7) is 1.73. The lowest BCUT2D eigenvalue weighted by atomic mass is 10.2. The van der Waals surface area contributed by atoms with Crippen LogP contribution in [-0.2, 0) is 4.79 Å². The van der Waals surface area contributed by atoms with E-state index in [-0.39, 0.29) is 18.4 Å². The van der Waals surface area contributed by atoms with Crippen molar-refractivity contribution >= 4 is 34.8 Å². The number of amides is 2. The van der Waals surface area contributed by atoms with E-state index in [1.54, 1.807) is 36.4 Å². The van der Waals surface area contributed by atoms with Crippen molar-refractivity contribution in [2.45, 2.75) is 6.92 Å². The van der Waals surface area contributed by atoms with E-state index in [2.05, 4.69) is 25.9 Å². The number of carbonyl (C=O) groups excluding carboxylic acids is 2. The van der Waals surface area contributed by atoms with Crippen LogP contribution < -0.4 is 20.9 Å². The van der Waals surface area contributed by atoms with Crippen molar-refractivity contribution in [3.05, 3.63) is 72.1 Å². The summed E-state index contributed by atoms with van der Waals surface area (Å²) in [4.78, 5) is 34.8. The van der Waals surface area contributed by atoms with Gasteiger partial charge in [-0.05, 0) is 43.3 Å². The van der Waals surface area contributed by atoms with Gasteiger partial charge < -0.3 is 20.9 Å². The molecule has 8 nitrogen and oxygen atoms in total. The molecule has 0 radical (unpaired) electrons. The average Bonchev–Trinajstić information content (AvgIpc) is 2.73. The third kappa shape index (κ3) is 5.78. The van der Waals surface area contributed by atoms with Crippen LogP contribution in [0.1, 0.15) is 16.2 Å². The molecule has 3 N–H and O–H groups in total. The lowest BCUT2D eigenvalue weighted by Crippen LogP contribution is -2.32. The molecule has 1 heterocycles. The topological polar surface area (TPSA) is 99.2 Å². The third-order valence-electron chi connectivity index (χ3n) is 4.17. The molecule has 0 atom stereocenters. The Labute approximate surface area is 175 Å². The summed E-state index contributed by atoms with van der Waals surface area (Å²) in [6, 6.07) is 17.9. The number of hydrogen-bond donors (Lipinski definition) is 3. The number of anilines is 4. The standard InChI is InChI=1S/C22H24N6O2/c1-15-24-19(13-20(25-15)28(2)3)26-17-9-11-18(12-10-17)27-21(29)14-23-22(30)16-7-5-4-6-8-16/h4-13H,14H2,1-3H3,(H,23,30)(H,27,29)(H,24,25,26). The Balaban J connectivity index is 1.54. The van der Waals surface area contributed by atoms with E-state index in [4.69, 9.17) is 0 Å². The first kappa shape index (κ1) is 20.8. The van der Waals surface area contributed by atoms with Crippen molar-refractivity contribution < 1.29 is 9.59 Å². The molecule has 2 aromatic carbocycles. The number of nitrogens with one attached hydrogen (secondary N) is 3. The zero-order chi connectivity index (χ0) is 21.5. The Bertz CT molecular complexity index is 1020. The van der Waals surface area contributed by atoms with E-state index >= 15 is 0 Å². The SMILES string of the molecule is Cc1nc(Nc2ccc(NC(=O)CNC(=O)c3ccccc3)cc2)cc(N(C)C)n1. The van der Waals surface area contributed by atoms with Gasteiger partial charge in [-0.1, -0.05) is 18.2 Å². The summed E-state index contributed by atoms with van der Waals surface area (Å²) in [7, 11) is 3.84. The third-order valence-corrected chi connectivity index (χ3v) is 4.17. The van der Waals surface area contributed by atoms with Crippen LogP contribution in [0.25, 0.3) is 0 Å². The van der Waals surface area contributed by atoms with Crippen molar-refractivity contribution in [2.75, 3.05) is 36.2 Å². The van der Waals surface area contributed by atoms with E-state index in [9.17, 15) is 9.59 Å². The highest BCUT2D eigenvalue weighted by molar-refractivity contribution is 5.99. The van der Waals surface area contributed by atoms with Gasteiger partial charge in [-0.2, -0.15) is 0 Å². The van der Waals surface area contributed by atoms with Gasteiger partial charge in [0.1, 0.15) is 17.5 Å². The highest BCUT2D eigenvalue weighted by Gasteiger charge is 2.08. The Morgan fingerprint density at radius 3 is 2.27 bits per heavy atom. The summed E-state index contributed by atoms with van der Waals surface area (Å²) < 4.78 is 0. The zero-order valence-electron chi connectivity index (χ0n) is 17.1. The van der Waals surface area contributed by atoms with Crippen LogP contribution in [0.5, 0.6) is 0 Å². The molecule has 0 unspecified atom stereocenters. The molecule has 0 bridgehead atoms. The lowest BCUT2D eigenvalue weighted by molar-refractivity contribution is -0.115. The highest BCUT2D eigenvalue weighted by atomic mass is 16.2. The number of nitrogens with zero attached hydrogens (tertiary/aromatic N) is 3. The maximum atomic E-state index is 12.1. The summed E-state index contributed by atoms with van der Waals surface area (Å²) in [5.41, 5.74) is 1.97. The fraction of sp³-hybridized carbons (Fsp3) is 0.182. The van der Waals surface area contributed by atoms with Crippen LogP contribution in [0.15, 0.2) is 60.7 Å². The van der Waals surface area contributed by atoms with Gasteiger partial charge in [0.05, 0.1) is 6.54 Å². The molecule has 0 fully saturated rings. The number of carbonyl (C=O) groups is 2. The van der Waals surface area contributed by atoms with Gasteiger partial charge in [0.15, 0.2) is 0 Å². The van der Waals surface area contributed by atoms with E-state index < -0.39 is 0 Å². The number of hydrogen-bond acceptors (Lipinski definition) is 6. The van der Waals surface area contributed by atoms with Crippen LogP contribution in [-0.4, -0.2) is 42.4 Å². The van der Waals surface area contributed by atoms with E-state index in [1.165, 1.54) is 0 Å². The average molecular weight is 404 g/mol. The molecule has 0 saturated heterocycles. The quantitative estimate of drug-likeness (QED) is 0.560. The minimum absolute atomic E-state index is 0.110. The van der Waals surface area contributed by atoms with Gasteiger partial charge >= 0.3 is 0 Å². The molecule has 3 rings (SSSR count). The van der Waals surface area contributed by atoms with E-state index in [0.717, 1.165) is 11.5 Å². The van der Waals surface area contributed by atoms with Crippen LogP contribution in [0.4, 0.5) is 23.0 Å². The molecule has 30 heavy (non-hydrogen) atoms. The summed E-state index contributed by atoms with van der Waals surface area (Å²) in [6.07, 6.45) is 0. The number of aromatic nitrogens is 2. The summed E-state index contributed by atoms with van der Waals surface area (Å²) >= 11 is 0. The minimum atomic E-state index is -0.304. The van der Waals surface area contributed by atoms with Gasteiger partial charge in [-0.25, -0.2) is 9.97 Å². The van der Waals surface area contributed by atoms with Gasteiger partial charge in [0, 0.05) is 37.1 Å². The Hall–Kier alpha value is -3.94. The molecule has 2 amide bonds. The maximum absolute atomic E-state index is 12.1. The Morgan fingerprint density at radius 2 is 1.60 bits per heavy atom. The van der Waals surface area contributed by atoms with E-state index in [1.807, 2.05) is 50.2 Å². The van der Waals surface area contributed by atoms with Crippen molar-refractivity contribution in [1.29, 1.82) is 0 Å². The second-order valence-electron chi connectivity index (χ2n) is 6.85. The fourth-order valence-corrected chi connectivity index (χ4v) is 2.69. The van der Waals surface area contributed by atoms with E-state index in [0.29, 0.717) is 22.9 Å². The first-order valence-electron chi connectivity index (χ1n) is 9.44. The monoisotopic (exact) mass is 404 g/mol. The summed E-state index contributed by atoms with van der Waals surface area (Å²) in [5, 5.41) is 8.59. The molecule has 0 saturated carbocycles. The number of aryl methyl sites for hydroxylation is 1. The molecule has 8 heteroatoms. The molecular formula is C22H24N6O2. The predicted octanol–water partition coefficient (Wildman–Crippen LogP) is 2.96.